The highest BCUT2D eigenvalue weighted by atomic mass is 32.2. The predicted molar refractivity (Wildman–Crippen MR) is 65.3 cm³/mol. The van der Waals surface area contributed by atoms with Gasteiger partial charge in [0, 0.05) is 6.61 Å². The van der Waals surface area contributed by atoms with Crippen LogP contribution < -0.4 is 4.72 Å². The zero-order valence-corrected chi connectivity index (χ0v) is 10.8. The molecule has 96 valence electrons. The van der Waals surface area contributed by atoms with Crippen molar-refractivity contribution in [3.05, 3.63) is 29.8 Å². The second kappa shape index (κ2) is 5.06. The molecule has 1 aromatic carbocycles. The van der Waals surface area contributed by atoms with Crippen LogP contribution in [0.15, 0.2) is 29.2 Å². The molecule has 1 aliphatic rings. The molecular weight excluding hydrogens is 252 g/mol. The number of rotatable bonds is 3. The van der Waals surface area contributed by atoms with Crippen molar-refractivity contribution in [1.29, 1.82) is 5.26 Å². The summed E-state index contributed by atoms with van der Waals surface area (Å²) < 4.78 is 32.3. The molecule has 0 spiro atoms. The third-order valence-corrected chi connectivity index (χ3v) is 4.53. The number of sulfonamides is 1. The van der Waals surface area contributed by atoms with Crippen LogP contribution in [0.5, 0.6) is 0 Å². The Labute approximate surface area is 106 Å². The van der Waals surface area contributed by atoms with Gasteiger partial charge in [-0.25, -0.2) is 13.1 Å². The van der Waals surface area contributed by atoms with E-state index in [1.54, 1.807) is 12.1 Å². The highest BCUT2D eigenvalue weighted by molar-refractivity contribution is 7.89. The third-order valence-electron chi connectivity index (χ3n) is 2.98. The first-order valence-corrected chi connectivity index (χ1v) is 7.16. The number of nitrogens with zero attached hydrogens (tertiary/aromatic N) is 1. The number of hydrogen-bond acceptors (Lipinski definition) is 4. The lowest BCUT2D eigenvalue weighted by atomic mass is 10.2. The summed E-state index contributed by atoms with van der Waals surface area (Å²) in [5.74, 6) is 0. The Balaban J connectivity index is 2.29. The molecule has 1 N–H and O–H groups in total. The molecule has 2 rings (SSSR count). The predicted octanol–water partition coefficient (Wildman–Crippen LogP) is 1.01. The van der Waals surface area contributed by atoms with Crippen LogP contribution in [-0.2, 0) is 14.8 Å². The summed E-state index contributed by atoms with van der Waals surface area (Å²) in [4.78, 5) is 0.0200. The fourth-order valence-electron chi connectivity index (χ4n) is 1.94. The summed E-state index contributed by atoms with van der Waals surface area (Å²) in [5.41, 5.74) is 0.150. The van der Waals surface area contributed by atoms with Crippen molar-refractivity contribution in [3.63, 3.8) is 0 Å². The fourth-order valence-corrected chi connectivity index (χ4v) is 3.44. The van der Waals surface area contributed by atoms with Crippen LogP contribution >= 0.6 is 0 Å². The molecule has 0 radical (unpaired) electrons. The number of ether oxygens (including phenoxy) is 1. The molecule has 0 aliphatic carbocycles. The minimum absolute atomic E-state index is 0.0200. The van der Waals surface area contributed by atoms with Gasteiger partial charge < -0.3 is 4.74 Å². The highest BCUT2D eigenvalue weighted by Gasteiger charge is 2.30. The standard InChI is InChI=1S/C12H14N2O3S/c1-9-11(6-7-17-9)14-18(15,16)12-5-3-2-4-10(12)8-13/h2-5,9,11,14H,6-7H2,1H3. The fraction of sp³-hybridized carbons (Fsp3) is 0.417. The summed E-state index contributed by atoms with van der Waals surface area (Å²) >= 11 is 0. The maximum absolute atomic E-state index is 12.2. The van der Waals surface area contributed by atoms with Gasteiger partial charge in [0.2, 0.25) is 10.0 Å². The molecule has 0 amide bonds. The zero-order chi connectivity index (χ0) is 13.2. The summed E-state index contributed by atoms with van der Waals surface area (Å²) in [6.45, 7) is 2.38. The van der Waals surface area contributed by atoms with E-state index in [4.69, 9.17) is 10.00 Å². The van der Waals surface area contributed by atoms with Crippen LogP contribution in [0.25, 0.3) is 0 Å². The number of hydrogen-bond donors (Lipinski definition) is 1. The van der Waals surface area contributed by atoms with E-state index >= 15 is 0 Å². The lowest BCUT2D eigenvalue weighted by molar-refractivity contribution is 0.117. The normalized spacial score (nSPS) is 23.8. The second-order valence-corrected chi connectivity index (χ2v) is 5.88. The second-order valence-electron chi connectivity index (χ2n) is 4.20. The van der Waals surface area contributed by atoms with Gasteiger partial charge in [0.25, 0.3) is 0 Å². The molecule has 5 nitrogen and oxygen atoms in total. The molecule has 0 aromatic heterocycles. The molecule has 1 saturated heterocycles. The van der Waals surface area contributed by atoms with Gasteiger partial charge in [-0.3, -0.25) is 0 Å². The quantitative estimate of drug-likeness (QED) is 0.885. The molecule has 1 aromatic rings. The average Bonchev–Trinajstić information content (AvgIpc) is 2.74. The Morgan fingerprint density at radius 3 is 2.78 bits per heavy atom. The van der Waals surface area contributed by atoms with E-state index in [0.717, 1.165) is 0 Å². The van der Waals surface area contributed by atoms with Crippen LogP contribution in [0.4, 0.5) is 0 Å². The van der Waals surface area contributed by atoms with Crippen molar-refractivity contribution in [3.8, 4) is 6.07 Å². The lowest BCUT2D eigenvalue weighted by Crippen LogP contribution is -2.39. The number of benzene rings is 1. The van der Waals surface area contributed by atoms with Crippen molar-refractivity contribution >= 4 is 10.0 Å². The van der Waals surface area contributed by atoms with Crippen LogP contribution in [-0.4, -0.2) is 27.2 Å². The molecular formula is C12H14N2O3S. The molecule has 18 heavy (non-hydrogen) atoms. The largest absolute Gasteiger partial charge is 0.377 e. The molecule has 0 bridgehead atoms. The van der Waals surface area contributed by atoms with Crippen molar-refractivity contribution in [2.45, 2.75) is 30.4 Å². The summed E-state index contributed by atoms with van der Waals surface area (Å²) in [7, 11) is -3.67. The van der Waals surface area contributed by atoms with E-state index in [1.807, 2.05) is 13.0 Å². The third kappa shape index (κ3) is 2.53. The Morgan fingerprint density at radius 2 is 2.17 bits per heavy atom. The first kappa shape index (κ1) is 13.0. The Kier molecular flexibility index (Phi) is 3.66. The molecule has 6 heteroatoms. The van der Waals surface area contributed by atoms with Crippen molar-refractivity contribution in [2.75, 3.05) is 6.61 Å². The van der Waals surface area contributed by atoms with Gasteiger partial charge in [-0.05, 0) is 25.5 Å². The highest BCUT2D eigenvalue weighted by Crippen LogP contribution is 2.19. The minimum Gasteiger partial charge on any atom is -0.377 e. The number of nitrogens with one attached hydrogen (secondary N) is 1. The minimum atomic E-state index is -3.67. The summed E-state index contributed by atoms with van der Waals surface area (Å²) in [5, 5.41) is 8.93. The average molecular weight is 266 g/mol. The van der Waals surface area contributed by atoms with Gasteiger partial charge in [0.1, 0.15) is 6.07 Å². The van der Waals surface area contributed by atoms with Gasteiger partial charge in [0.15, 0.2) is 0 Å². The van der Waals surface area contributed by atoms with Gasteiger partial charge in [-0.2, -0.15) is 5.26 Å². The van der Waals surface area contributed by atoms with E-state index in [2.05, 4.69) is 4.72 Å². The first-order valence-electron chi connectivity index (χ1n) is 5.67. The lowest BCUT2D eigenvalue weighted by Gasteiger charge is -2.16. The van der Waals surface area contributed by atoms with Crippen molar-refractivity contribution in [2.24, 2.45) is 0 Å². The molecule has 2 atom stereocenters. The maximum atomic E-state index is 12.2. The van der Waals surface area contributed by atoms with E-state index in [1.165, 1.54) is 12.1 Å². The SMILES string of the molecule is CC1OCCC1NS(=O)(=O)c1ccccc1C#N. The van der Waals surface area contributed by atoms with E-state index in [-0.39, 0.29) is 22.6 Å². The Bertz CT molecular complexity index is 577. The van der Waals surface area contributed by atoms with E-state index < -0.39 is 10.0 Å². The van der Waals surface area contributed by atoms with Gasteiger partial charge in [0.05, 0.1) is 22.6 Å². The van der Waals surface area contributed by atoms with Crippen LogP contribution in [0, 0.1) is 11.3 Å². The van der Waals surface area contributed by atoms with Crippen LogP contribution in [0.2, 0.25) is 0 Å². The van der Waals surface area contributed by atoms with Crippen molar-refractivity contribution < 1.29 is 13.2 Å². The molecule has 1 aliphatic heterocycles. The smallest absolute Gasteiger partial charge is 0.242 e. The topological polar surface area (TPSA) is 79.2 Å². The van der Waals surface area contributed by atoms with Crippen molar-refractivity contribution in [1.82, 2.24) is 4.72 Å². The van der Waals surface area contributed by atoms with Gasteiger partial charge >= 0.3 is 0 Å². The Hall–Kier alpha value is -1.42. The molecule has 1 heterocycles. The van der Waals surface area contributed by atoms with Crippen LogP contribution in [0.3, 0.4) is 0 Å². The molecule has 2 unspecified atom stereocenters. The number of nitriles is 1. The van der Waals surface area contributed by atoms with E-state index in [9.17, 15) is 8.42 Å². The Morgan fingerprint density at radius 1 is 1.44 bits per heavy atom. The van der Waals surface area contributed by atoms with Crippen LogP contribution in [0.1, 0.15) is 18.9 Å². The van der Waals surface area contributed by atoms with E-state index in [0.29, 0.717) is 13.0 Å². The zero-order valence-electron chi connectivity index (χ0n) is 9.96. The first-order chi connectivity index (χ1) is 8.54. The summed E-state index contributed by atoms with van der Waals surface area (Å²) in [6.07, 6.45) is 0.504. The van der Waals surface area contributed by atoms with Gasteiger partial charge in [-0.1, -0.05) is 12.1 Å². The van der Waals surface area contributed by atoms with Gasteiger partial charge in [-0.15, -0.1) is 0 Å². The molecule has 1 fully saturated rings. The molecule has 0 saturated carbocycles. The monoisotopic (exact) mass is 266 g/mol. The summed E-state index contributed by atoms with van der Waals surface area (Å²) in [6, 6.07) is 7.81. The maximum Gasteiger partial charge on any atom is 0.242 e.